The van der Waals surface area contributed by atoms with Crippen LogP contribution in [-0.4, -0.2) is 33.0 Å². The van der Waals surface area contributed by atoms with Crippen LogP contribution >= 0.6 is 11.6 Å². The number of ether oxygens (including phenoxy) is 1. The first-order chi connectivity index (χ1) is 13.6. The summed E-state index contributed by atoms with van der Waals surface area (Å²) in [5.41, 5.74) is 2.74. The Hall–Kier alpha value is -2.87. The second-order valence-electron chi connectivity index (χ2n) is 7.84. The highest BCUT2D eigenvalue weighted by molar-refractivity contribution is 6.29. The van der Waals surface area contributed by atoms with Gasteiger partial charge in [-0.1, -0.05) is 29.8 Å². The highest BCUT2D eigenvalue weighted by atomic mass is 35.5. The van der Waals surface area contributed by atoms with Gasteiger partial charge < -0.3 is 15.0 Å². The number of carbonyl (C=O) groups is 1. The van der Waals surface area contributed by atoms with Gasteiger partial charge in [0.05, 0.1) is 4.92 Å². The third-order valence-corrected chi connectivity index (χ3v) is 4.74. The van der Waals surface area contributed by atoms with E-state index in [-0.39, 0.29) is 16.9 Å². The fraction of sp³-hybridized carbons (Fsp3) is 0.400. The number of nitrogens with zero attached hydrogens (tertiary/aromatic N) is 3. The van der Waals surface area contributed by atoms with Crippen LogP contribution in [-0.2, 0) is 24.2 Å². The van der Waals surface area contributed by atoms with Gasteiger partial charge in [0.25, 0.3) is 0 Å². The number of nitro groups is 1. The lowest BCUT2D eigenvalue weighted by atomic mass is 9.95. The molecule has 0 aliphatic carbocycles. The van der Waals surface area contributed by atoms with Crippen molar-refractivity contribution < 1.29 is 14.5 Å². The van der Waals surface area contributed by atoms with Crippen molar-refractivity contribution in [1.82, 2.24) is 9.88 Å². The largest absolute Gasteiger partial charge is 0.444 e. The van der Waals surface area contributed by atoms with Gasteiger partial charge in [-0.05, 0) is 43.9 Å². The number of hydrogen-bond donors (Lipinski definition) is 1. The maximum absolute atomic E-state index is 12.5. The van der Waals surface area contributed by atoms with Gasteiger partial charge in [0.1, 0.15) is 22.6 Å². The van der Waals surface area contributed by atoms with Crippen molar-refractivity contribution in [3.8, 4) is 0 Å². The summed E-state index contributed by atoms with van der Waals surface area (Å²) >= 11 is 5.89. The molecule has 29 heavy (non-hydrogen) atoms. The zero-order valence-electron chi connectivity index (χ0n) is 16.6. The minimum Gasteiger partial charge on any atom is -0.444 e. The van der Waals surface area contributed by atoms with E-state index >= 15 is 0 Å². The predicted octanol–water partition coefficient (Wildman–Crippen LogP) is 4.55. The molecule has 2 aromatic rings. The lowest BCUT2D eigenvalue weighted by Gasteiger charge is -2.32. The molecule has 1 aliphatic rings. The van der Waals surface area contributed by atoms with E-state index in [1.54, 1.807) is 4.90 Å². The molecule has 9 heteroatoms. The van der Waals surface area contributed by atoms with E-state index in [4.69, 9.17) is 16.3 Å². The third kappa shape index (κ3) is 5.14. The van der Waals surface area contributed by atoms with Crippen molar-refractivity contribution in [2.45, 2.75) is 45.9 Å². The van der Waals surface area contributed by atoms with Crippen LogP contribution in [0.3, 0.4) is 0 Å². The van der Waals surface area contributed by atoms with Crippen molar-refractivity contribution >= 4 is 29.1 Å². The Morgan fingerprint density at radius 3 is 2.86 bits per heavy atom. The number of anilines is 1. The number of nitrogens with one attached hydrogen (secondary N) is 1. The van der Waals surface area contributed by atoms with Crippen LogP contribution in [0.15, 0.2) is 30.5 Å². The fourth-order valence-electron chi connectivity index (χ4n) is 3.20. The molecule has 154 valence electrons. The van der Waals surface area contributed by atoms with Gasteiger partial charge >= 0.3 is 11.8 Å². The van der Waals surface area contributed by atoms with Crippen LogP contribution < -0.4 is 5.32 Å². The van der Waals surface area contributed by atoms with Crippen molar-refractivity contribution in [3.63, 3.8) is 0 Å². The molecule has 2 heterocycles. The van der Waals surface area contributed by atoms with E-state index < -0.39 is 10.5 Å². The van der Waals surface area contributed by atoms with Crippen molar-refractivity contribution in [2.24, 2.45) is 0 Å². The molecular formula is C20H23ClN4O4. The maximum atomic E-state index is 12.5. The third-order valence-electron chi connectivity index (χ3n) is 4.54. The molecule has 1 amide bonds. The fourth-order valence-corrected chi connectivity index (χ4v) is 3.36. The number of hydrogen-bond acceptors (Lipinski definition) is 6. The first-order valence-electron chi connectivity index (χ1n) is 9.25. The van der Waals surface area contributed by atoms with E-state index in [0.717, 1.165) is 29.3 Å². The Kier molecular flexibility index (Phi) is 5.93. The van der Waals surface area contributed by atoms with E-state index in [1.165, 1.54) is 6.07 Å². The quantitative estimate of drug-likeness (QED) is 0.444. The second-order valence-corrected chi connectivity index (χ2v) is 8.23. The summed E-state index contributed by atoms with van der Waals surface area (Å²) < 4.78 is 5.49. The van der Waals surface area contributed by atoms with Crippen LogP contribution in [0.5, 0.6) is 0 Å². The number of pyridine rings is 1. The van der Waals surface area contributed by atoms with Crippen LogP contribution in [0.25, 0.3) is 0 Å². The first kappa shape index (κ1) is 20.9. The number of benzene rings is 1. The number of amides is 1. The normalized spacial score (nSPS) is 13.6. The first-order valence-corrected chi connectivity index (χ1v) is 9.63. The molecule has 1 N–H and O–H groups in total. The number of carbonyl (C=O) groups excluding carboxylic acids is 1. The lowest BCUT2D eigenvalue weighted by Crippen LogP contribution is -2.40. The van der Waals surface area contributed by atoms with Gasteiger partial charge in [0.15, 0.2) is 0 Å². The SMILES string of the molecule is CC(C)(C)OC(=O)N1CCc2cccc(CNc3cc(Cl)ncc3[N+](=O)[O-])c2C1. The number of aromatic nitrogens is 1. The Labute approximate surface area is 174 Å². The maximum Gasteiger partial charge on any atom is 0.410 e. The number of halogens is 1. The van der Waals surface area contributed by atoms with Gasteiger partial charge in [-0.2, -0.15) is 0 Å². The smallest absolute Gasteiger partial charge is 0.410 e. The second kappa shape index (κ2) is 8.24. The highest BCUT2D eigenvalue weighted by Gasteiger charge is 2.27. The number of fused-ring (bicyclic) bond motifs is 1. The van der Waals surface area contributed by atoms with E-state index in [0.29, 0.717) is 25.3 Å². The molecule has 1 aromatic carbocycles. The van der Waals surface area contributed by atoms with E-state index in [2.05, 4.69) is 10.3 Å². The molecule has 0 saturated heterocycles. The van der Waals surface area contributed by atoms with Crippen molar-refractivity contribution in [1.29, 1.82) is 0 Å². The molecule has 0 bridgehead atoms. The standard InChI is InChI=1S/C20H23ClN4O4/c1-20(2,3)29-19(26)24-8-7-13-5-4-6-14(15(13)12-24)10-22-16-9-18(21)23-11-17(16)25(27)28/h4-6,9,11H,7-8,10,12H2,1-3H3,(H,22,23). The summed E-state index contributed by atoms with van der Waals surface area (Å²) in [6.45, 7) is 6.89. The Balaban J connectivity index is 1.79. The molecule has 0 spiro atoms. The summed E-state index contributed by atoms with van der Waals surface area (Å²) in [6.07, 6.45) is 1.52. The van der Waals surface area contributed by atoms with Gasteiger partial charge in [-0.3, -0.25) is 10.1 Å². The average Bonchev–Trinajstić information content (AvgIpc) is 2.64. The minimum absolute atomic E-state index is 0.144. The minimum atomic E-state index is -0.558. The zero-order chi connectivity index (χ0) is 21.2. The van der Waals surface area contributed by atoms with Crippen LogP contribution in [0.2, 0.25) is 5.15 Å². The van der Waals surface area contributed by atoms with Gasteiger partial charge in [-0.25, -0.2) is 9.78 Å². The lowest BCUT2D eigenvalue weighted by molar-refractivity contribution is -0.384. The molecule has 0 atom stereocenters. The van der Waals surface area contributed by atoms with Crippen molar-refractivity contribution in [2.75, 3.05) is 11.9 Å². The Morgan fingerprint density at radius 1 is 1.41 bits per heavy atom. The Morgan fingerprint density at radius 2 is 2.17 bits per heavy atom. The molecular weight excluding hydrogens is 396 g/mol. The summed E-state index contributed by atoms with van der Waals surface area (Å²) in [6, 6.07) is 7.37. The summed E-state index contributed by atoms with van der Waals surface area (Å²) in [4.78, 5) is 28.6. The highest BCUT2D eigenvalue weighted by Crippen LogP contribution is 2.28. The molecule has 0 unspecified atom stereocenters. The molecule has 0 saturated carbocycles. The van der Waals surface area contributed by atoms with Gasteiger partial charge in [0, 0.05) is 25.7 Å². The van der Waals surface area contributed by atoms with Crippen LogP contribution in [0.4, 0.5) is 16.2 Å². The van der Waals surface area contributed by atoms with E-state index in [9.17, 15) is 14.9 Å². The van der Waals surface area contributed by atoms with Crippen LogP contribution in [0, 0.1) is 10.1 Å². The molecule has 1 aliphatic heterocycles. The molecule has 3 rings (SSSR count). The summed E-state index contributed by atoms with van der Waals surface area (Å²) in [5, 5.41) is 14.5. The predicted molar refractivity (Wildman–Crippen MR) is 110 cm³/mol. The Bertz CT molecular complexity index is 943. The average molecular weight is 419 g/mol. The topological polar surface area (TPSA) is 97.6 Å². The number of rotatable bonds is 4. The monoisotopic (exact) mass is 418 g/mol. The molecule has 8 nitrogen and oxygen atoms in total. The van der Waals surface area contributed by atoms with Gasteiger partial charge in [-0.15, -0.1) is 0 Å². The van der Waals surface area contributed by atoms with Crippen molar-refractivity contribution in [3.05, 3.63) is 62.4 Å². The molecule has 1 aromatic heterocycles. The van der Waals surface area contributed by atoms with Crippen LogP contribution in [0.1, 0.15) is 37.5 Å². The zero-order valence-corrected chi connectivity index (χ0v) is 17.3. The molecule has 0 fully saturated rings. The summed E-state index contributed by atoms with van der Waals surface area (Å²) in [7, 11) is 0. The molecule has 0 radical (unpaired) electrons. The van der Waals surface area contributed by atoms with E-state index in [1.807, 2.05) is 39.0 Å². The summed E-state index contributed by atoms with van der Waals surface area (Å²) in [5.74, 6) is 0. The van der Waals surface area contributed by atoms with Gasteiger partial charge in [0.2, 0.25) is 0 Å².